The van der Waals surface area contributed by atoms with Crippen molar-refractivity contribution in [2.24, 2.45) is 0 Å². The van der Waals surface area contributed by atoms with Gasteiger partial charge in [0.1, 0.15) is 0 Å². The van der Waals surface area contributed by atoms with Crippen LogP contribution >= 0.6 is 0 Å². The van der Waals surface area contributed by atoms with E-state index < -0.39 is 0 Å². The monoisotopic (exact) mass is 129 g/mol. The van der Waals surface area contributed by atoms with Crippen molar-refractivity contribution in [2.75, 3.05) is 19.7 Å². The van der Waals surface area contributed by atoms with Gasteiger partial charge in [-0.2, -0.15) is 0 Å². The number of morpholine rings is 1. The molecule has 0 spiro atoms. The Kier molecular flexibility index (Phi) is 2.45. The predicted molar refractivity (Wildman–Crippen MR) is 35.2 cm³/mol. The lowest BCUT2D eigenvalue weighted by Crippen LogP contribution is -2.44. The first-order chi connectivity index (χ1) is 4.30. The maximum absolute atomic E-state index is 7.31. The van der Waals surface area contributed by atoms with Crippen molar-refractivity contribution < 1.29 is 4.74 Å². The van der Waals surface area contributed by atoms with Crippen molar-refractivity contribution in [1.29, 1.82) is 0 Å². The van der Waals surface area contributed by atoms with Crippen molar-refractivity contribution >= 4 is 0 Å². The average molecular weight is 129 g/mol. The maximum atomic E-state index is 7.31. The van der Waals surface area contributed by atoms with Crippen LogP contribution in [0.15, 0.2) is 0 Å². The largest absolute Gasteiger partial charge is 0.374 e. The molecule has 0 bridgehead atoms. The SMILES string of the molecule is CC([NH])C1CNCCO1. The summed E-state index contributed by atoms with van der Waals surface area (Å²) < 4.78 is 5.29. The molecule has 1 radical (unpaired) electrons. The molecule has 0 amide bonds. The minimum Gasteiger partial charge on any atom is -0.374 e. The minimum absolute atomic E-state index is 0.0993. The summed E-state index contributed by atoms with van der Waals surface area (Å²) in [5.74, 6) is 0. The average Bonchev–Trinajstić information content (AvgIpc) is 1.90. The first-order valence-corrected chi connectivity index (χ1v) is 3.34. The zero-order valence-electron chi connectivity index (χ0n) is 5.68. The summed E-state index contributed by atoms with van der Waals surface area (Å²) in [4.78, 5) is 0. The Hall–Kier alpha value is -0.120. The molecule has 0 aromatic heterocycles. The summed E-state index contributed by atoms with van der Waals surface area (Å²) in [5.41, 5.74) is 7.31. The van der Waals surface area contributed by atoms with Gasteiger partial charge >= 0.3 is 0 Å². The normalized spacial score (nSPS) is 32.0. The van der Waals surface area contributed by atoms with Gasteiger partial charge in [-0.3, -0.25) is 5.73 Å². The number of nitrogens with one attached hydrogen (secondary N) is 2. The number of ether oxygens (including phenoxy) is 1. The summed E-state index contributed by atoms with van der Waals surface area (Å²) in [7, 11) is 0. The molecule has 53 valence electrons. The van der Waals surface area contributed by atoms with Gasteiger partial charge in [-0.05, 0) is 6.92 Å². The summed E-state index contributed by atoms with van der Waals surface area (Å²) in [5, 5.41) is 3.17. The Morgan fingerprint density at radius 3 is 2.89 bits per heavy atom. The first-order valence-electron chi connectivity index (χ1n) is 3.34. The zero-order chi connectivity index (χ0) is 6.69. The van der Waals surface area contributed by atoms with Crippen LogP contribution in [0.3, 0.4) is 0 Å². The van der Waals surface area contributed by atoms with Crippen LogP contribution < -0.4 is 11.1 Å². The molecule has 2 unspecified atom stereocenters. The van der Waals surface area contributed by atoms with Crippen LogP contribution in [0.25, 0.3) is 0 Å². The van der Waals surface area contributed by atoms with Gasteiger partial charge in [-0.25, -0.2) is 0 Å². The second-order valence-corrected chi connectivity index (χ2v) is 2.40. The van der Waals surface area contributed by atoms with Crippen LogP contribution in [-0.2, 0) is 4.74 Å². The molecule has 1 aliphatic heterocycles. The molecular formula is C6H13N2O. The predicted octanol–water partition coefficient (Wildman–Crippen LogP) is -0.354. The Balaban J connectivity index is 2.23. The Bertz CT molecular complexity index is 79.1. The minimum atomic E-state index is -0.0993. The van der Waals surface area contributed by atoms with Crippen LogP contribution in [0.2, 0.25) is 0 Å². The lowest BCUT2D eigenvalue weighted by molar-refractivity contribution is 0.0148. The van der Waals surface area contributed by atoms with Crippen molar-refractivity contribution in [3.8, 4) is 0 Å². The fourth-order valence-corrected chi connectivity index (χ4v) is 0.907. The highest BCUT2D eigenvalue weighted by Gasteiger charge is 2.16. The van der Waals surface area contributed by atoms with Gasteiger partial charge in [-0.15, -0.1) is 0 Å². The van der Waals surface area contributed by atoms with E-state index in [0.29, 0.717) is 0 Å². The van der Waals surface area contributed by atoms with E-state index in [1.807, 2.05) is 6.92 Å². The summed E-state index contributed by atoms with van der Waals surface area (Å²) in [6, 6.07) is -0.0993. The van der Waals surface area contributed by atoms with E-state index in [0.717, 1.165) is 19.7 Å². The van der Waals surface area contributed by atoms with Crippen molar-refractivity contribution in [2.45, 2.75) is 19.1 Å². The topological polar surface area (TPSA) is 45.1 Å². The van der Waals surface area contributed by atoms with Crippen LogP contribution in [-0.4, -0.2) is 31.8 Å². The van der Waals surface area contributed by atoms with Crippen molar-refractivity contribution in [1.82, 2.24) is 11.1 Å². The molecule has 1 rings (SSSR count). The van der Waals surface area contributed by atoms with Crippen molar-refractivity contribution in [3.05, 3.63) is 0 Å². The lowest BCUT2D eigenvalue weighted by Gasteiger charge is -2.25. The molecule has 2 atom stereocenters. The number of hydrogen-bond donors (Lipinski definition) is 1. The van der Waals surface area contributed by atoms with Gasteiger partial charge in [-0.1, -0.05) is 0 Å². The molecule has 3 heteroatoms. The molecule has 2 N–H and O–H groups in total. The zero-order valence-corrected chi connectivity index (χ0v) is 5.68. The molecule has 3 nitrogen and oxygen atoms in total. The molecule has 0 saturated carbocycles. The smallest absolute Gasteiger partial charge is 0.0863 e. The second kappa shape index (κ2) is 3.15. The highest BCUT2D eigenvalue weighted by molar-refractivity contribution is 4.73. The second-order valence-electron chi connectivity index (χ2n) is 2.40. The molecule has 0 aromatic rings. The van der Waals surface area contributed by atoms with E-state index in [4.69, 9.17) is 10.5 Å². The third-order valence-corrected chi connectivity index (χ3v) is 1.51. The van der Waals surface area contributed by atoms with Gasteiger partial charge in [0.15, 0.2) is 0 Å². The molecular weight excluding hydrogens is 116 g/mol. The Morgan fingerprint density at radius 1 is 1.78 bits per heavy atom. The fourth-order valence-electron chi connectivity index (χ4n) is 0.907. The van der Waals surface area contributed by atoms with E-state index in [9.17, 15) is 0 Å². The van der Waals surface area contributed by atoms with Crippen LogP contribution in [0, 0.1) is 0 Å². The van der Waals surface area contributed by atoms with Crippen LogP contribution in [0.5, 0.6) is 0 Å². The molecule has 1 heterocycles. The van der Waals surface area contributed by atoms with E-state index in [2.05, 4.69) is 5.32 Å². The lowest BCUT2D eigenvalue weighted by atomic mass is 10.2. The van der Waals surface area contributed by atoms with Gasteiger partial charge in [0.2, 0.25) is 0 Å². The highest BCUT2D eigenvalue weighted by Crippen LogP contribution is 1.99. The Morgan fingerprint density at radius 2 is 2.56 bits per heavy atom. The summed E-state index contributed by atoms with van der Waals surface area (Å²) in [6.07, 6.45) is 0.110. The van der Waals surface area contributed by atoms with E-state index in [1.54, 1.807) is 0 Å². The van der Waals surface area contributed by atoms with Gasteiger partial charge in [0, 0.05) is 19.1 Å². The van der Waals surface area contributed by atoms with Gasteiger partial charge < -0.3 is 10.1 Å². The van der Waals surface area contributed by atoms with E-state index >= 15 is 0 Å². The van der Waals surface area contributed by atoms with Gasteiger partial charge in [0.25, 0.3) is 0 Å². The maximum Gasteiger partial charge on any atom is 0.0863 e. The van der Waals surface area contributed by atoms with E-state index in [-0.39, 0.29) is 12.1 Å². The number of rotatable bonds is 1. The van der Waals surface area contributed by atoms with Crippen molar-refractivity contribution in [3.63, 3.8) is 0 Å². The standard InChI is InChI=1S/C6H13N2O/c1-5(7)6-4-8-2-3-9-6/h5-8H,2-4H2,1H3. The van der Waals surface area contributed by atoms with Crippen LogP contribution in [0.1, 0.15) is 6.92 Å². The highest BCUT2D eigenvalue weighted by atomic mass is 16.5. The summed E-state index contributed by atoms with van der Waals surface area (Å²) >= 11 is 0. The summed E-state index contributed by atoms with van der Waals surface area (Å²) in [6.45, 7) is 4.39. The third-order valence-electron chi connectivity index (χ3n) is 1.51. The number of hydrogen-bond acceptors (Lipinski definition) is 2. The molecule has 1 aliphatic rings. The van der Waals surface area contributed by atoms with Crippen LogP contribution in [0.4, 0.5) is 0 Å². The third kappa shape index (κ3) is 1.93. The van der Waals surface area contributed by atoms with E-state index in [1.165, 1.54) is 0 Å². The quantitative estimate of drug-likeness (QED) is 0.525. The fraction of sp³-hybridized carbons (Fsp3) is 1.00. The van der Waals surface area contributed by atoms with Gasteiger partial charge in [0.05, 0.1) is 12.7 Å². The first kappa shape index (κ1) is 6.99. The molecule has 1 saturated heterocycles. The Labute approximate surface area is 55.6 Å². The molecule has 0 aliphatic carbocycles. The molecule has 0 aromatic carbocycles. The molecule has 9 heavy (non-hydrogen) atoms. The molecule has 1 fully saturated rings.